The summed E-state index contributed by atoms with van der Waals surface area (Å²) in [4.78, 5) is 18.1. The summed E-state index contributed by atoms with van der Waals surface area (Å²) in [5.41, 5.74) is 0.588. The number of amides is 2. The summed E-state index contributed by atoms with van der Waals surface area (Å²) < 4.78 is 6.58. The molecule has 1 aliphatic rings. The van der Waals surface area contributed by atoms with Crippen LogP contribution in [0.1, 0.15) is 12.8 Å². The van der Waals surface area contributed by atoms with E-state index in [2.05, 4.69) is 26.2 Å². The van der Waals surface area contributed by atoms with Crippen LogP contribution in [0.25, 0.3) is 0 Å². The molecule has 2 heterocycles. The lowest BCUT2D eigenvalue weighted by molar-refractivity contribution is 0.166. The molecule has 2 amide bonds. The fourth-order valence-corrected chi connectivity index (χ4v) is 3.03. The fourth-order valence-electron chi connectivity index (χ4n) is 2.65. The molecular formula is C17H18BrN3O3. The minimum atomic E-state index is -0.214. The van der Waals surface area contributed by atoms with Gasteiger partial charge in [0.15, 0.2) is 0 Å². The number of carbonyl (C=O) groups excluding carboxylic acids is 1. The molecule has 1 aliphatic heterocycles. The molecular weight excluding hydrogens is 374 g/mol. The van der Waals surface area contributed by atoms with E-state index in [-0.39, 0.29) is 18.7 Å². The van der Waals surface area contributed by atoms with Gasteiger partial charge in [-0.2, -0.15) is 0 Å². The van der Waals surface area contributed by atoms with Gasteiger partial charge in [0.25, 0.3) is 0 Å². The molecule has 0 saturated carbocycles. The van der Waals surface area contributed by atoms with Crippen LogP contribution in [0.15, 0.2) is 47.1 Å². The Morgan fingerprint density at radius 3 is 3.00 bits per heavy atom. The molecule has 0 unspecified atom stereocenters. The van der Waals surface area contributed by atoms with Gasteiger partial charge in [-0.05, 0) is 37.1 Å². The first-order chi connectivity index (χ1) is 11.7. The normalized spacial score (nSPS) is 16.9. The first-order valence-corrected chi connectivity index (χ1v) is 8.53. The molecule has 0 radical (unpaired) electrons. The van der Waals surface area contributed by atoms with Crippen molar-refractivity contribution in [2.24, 2.45) is 0 Å². The smallest absolute Gasteiger partial charge is 0.322 e. The third kappa shape index (κ3) is 4.04. The van der Waals surface area contributed by atoms with Crippen LogP contribution >= 0.6 is 15.9 Å². The summed E-state index contributed by atoms with van der Waals surface area (Å²) in [5.74, 6) is 1.12. The Morgan fingerprint density at radius 2 is 2.29 bits per heavy atom. The summed E-state index contributed by atoms with van der Waals surface area (Å²) in [6.07, 6.45) is 3.30. The summed E-state index contributed by atoms with van der Waals surface area (Å²) >= 11 is 3.39. The predicted molar refractivity (Wildman–Crippen MR) is 94.3 cm³/mol. The molecule has 0 spiro atoms. The van der Waals surface area contributed by atoms with Gasteiger partial charge in [0.1, 0.15) is 5.75 Å². The van der Waals surface area contributed by atoms with E-state index in [9.17, 15) is 9.90 Å². The number of carbonyl (C=O) groups is 1. The molecule has 0 bridgehead atoms. The topological polar surface area (TPSA) is 74.7 Å². The lowest BCUT2D eigenvalue weighted by Gasteiger charge is -2.23. The number of urea groups is 1. The van der Waals surface area contributed by atoms with Crippen molar-refractivity contribution < 1.29 is 14.6 Å². The van der Waals surface area contributed by atoms with Crippen molar-refractivity contribution in [3.8, 4) is 11.6 Å². The van der Waals surface area contributed by atoms with Gasteiger partial charge in [-0.1, -0.05) is 22.0 Å². The molecule has 24 heavy (non-hydrogen) atoms. The highest BCUT2D eigenvalue weighted by Crippen LogP contribution is 2.24. The Balaban J connectivity index is 1.61. The van der Waals surface area contributed by atoms with E-state index in [0.717, 1.165) is 17.3 Å². The van der Waals surface area contributed by atoms with Crippen molar-refractivity contribution >= 4 is 27.6 Å². The molecule has 1 aromatic carbocycles. The summed E-state index contributed by atoms with van der Waals surface area (Å²) in [7, 11) is 0. The Bertz CT molecular complexity index is 708. The molecule has 3 rings (SSSR count). The van der Waals surface area contributed by atoms with Gasteiger partial charge in [0.05, 0.1) is 24.5 Å². The van der Waals surface area contributed by atoms with Gasteiger partial charge in [0, 0.05) is 17.1 Å². The SMILES string of the molecule is O=C(Nc1ccc(Oc2cccc(Br)c2)nc1)N1CCC[C@@H]1CO. The number of aliphatic hydroxyl groups is 1. The van der Waals surface area contributed by atoms with Crippen LogP contribution in [-0.2, 0) is 0 Å². The summed E-state index contributed by atoms with van der Waals surface area (Å²) in [5, 5.41) is 12.1. The molecule has 1 aromatic heterocycles. The van der Waals surface area contributed by atoms with E-state index in [0.29, 0.717) is 23.9 Å². The fraction of sp³-hybridized carbons (Fsp3) is 0.294. The number of ether oxygens (including phenoxy) is 1. The average molecular weight is 392 g/mol. The minimum absolute atomic E-state index is 0.00885. The molecule has 0 aliphatic carbocycles. The molecule has 2 N–H and O–H groups in total. The number of benzene rings is 1. The lowest BCUT2D eigenvalue weighted by Crippen LogP contribution is -2.40. The van der Waals surface area contributed by atoms with E-state index in [1.807, 2.05) is 24.3 Å². The lowest BCUT2D eigenvalue weighted by atomic mass is 10.2. The molecule has 1 saturated heterocycles. The van der Waals surface area contributed by atoms with E-state index in [1.165, 1.54) is 0 Å². The van der Waals surface area contributed by atoms with Crippen LogP contribution in [0, 0.1) is 0 Å². The van der Waals surface area contributed by atoms with Gasteiger partial charge in [-0.25, -0.2) is 9.78 Å². The van der Waals surface area contributed by atoms with Gasteiger partial charge >= 0.3 is 6.03 Å². The third-order valence-corrected chi connectivity index (χ3v) is 4.35. The van der Waals surface area contributed by atoms with Gasteiger partial charge in [-0.15, -0.1) is 0 Å². The number of anilines is 1. The maximum Gasteiger partial charge on any atom is 0.322 e. The number of hydrogen-bond acceptors (Lipinski definition) is 4. The van der Waals surface area contributed by atoms with Crippen molar-refractivity contribution in [2.45, 2.75) is 18.9 Å². The minimum Gasteiger partial charge on any atom is -0.439 e. The van der Waals surface area contributed by atoms with Crippen molar-refractivity contribution in [3.63, 3.8) is 0 Å². The predicted octanol–water partition coefficient (Wildman–Crippen LogP) is 3.63. The zero-order valence-corrected chi connectivity index (χ0v) is 14.6. The maximum atomic E-state index is 12.2. The molecule has 126 valence electrons. The highest BCUT2D eigenvalue weighted by molar-refractivity contribution is 9.10. The van der Waals surface area contributed by atoms with E-state index in [4.69, 9.17) is 4.74 Å². The average Bonchev–Trinajstić information content (AvgIpc) is 3.05. The van der Waals surface area contributed by atoms with Crippen molar-refractivity contribution in [3.05, 3.63) is 47.1 Å². The number of halogens is 1. The number of nitrogens with zero attached hydrogens (tertiary/aromatic N) is 2. The van der Waals surface area contributed by atoms with Gasteiger partial charge < -0.3 is 20.1 Å². The largest absolute Gasteiger partial charge is 0.439 e. The standard InChI is InChI=1S/C17H18BrN3O3/c18-12-3-1-5-15(9-12)24-16-7-6-13(10-19-16)20-17(23)21-8-2-4-14(21)11-22/h1,3,5-7,9-10,14,22H,2,4,8,11H2,(H,20,23)/t14-/m1/s1. The molecule has 1 atom stereocenters. The molecule has 1 fully saturated rings. The van der Waals surface area contributed by atoms with Crippen LogP contribution < -0.4 is 10.1 Å². The number of pyridine rings is 1. The van der Waals surface area contributed by atoms with Crippen LogP contribution in [0.5, 0.6) is 11.6 Å². The zero-order chi connectivity index (χ0) is 16.9. The summed E-state index contributed by atoms with van der Waals surface area (Å²) in [6.45, 7) is 0.652. The zero-order valence-electron chi connectivity index (χ0n) is 13.0. The monoisotopic (exact) mass is 391 g/mol. The van der Waals surface area contributed by atoms with Crippen LogP contribution in [0.4, 0.5) is 10.5 Å². The Hall–Kier alpha value is -2.12. The number of aromatic nitrogens is 1. The quantitative estimate of drug-likeness (QED) is 0.834. The van der Waals surface area contributed by atoms with E-state index >= 15 is 0 Å². The van der Waals surface area contributed by atoms with Crippen LogP contribution in [0.3, 0.4) is 0 Å². The number of rotatable bonds is 4. The highest BCUT2D eigenvalue weighted by atomic mass is 79.9. The van der Waals surface area contributed by atoms with Crippen LogP contribution in [0.2, 0.25) is 0 Å². The van der Waals surface area contributed by atoms with E-state index in [1.54, 1.807) is 23.2 Å². The second-order valence-corrected chi connectivity index (χ2v) is 6.46. The third-order valence-electron chi connectivity index (χ3n) is 3.85. The summed E-state index contributed by atoms with van der Waals surface area (Å²) in [6, 6.07) is 10.6. The Kier molecular flexibility index (Phi) is 5.32. The second kappa shape index (κ2) is 7.63. The Labute approximate surface area is 148 Å². The molecule has 7 heteroatoms. The number of likely N-dealkylation sites (tertiary alicyclic amines) is 1. The second-order valence-electron chi connectivity index (χ2n) is 5.55. The number of nitrogens with one attached hydrogen (secondary N) is 1. The van der Waals surface area contributed by atoms with Crippen LogP contribution in [-0.4, -0.2) is 40.2 Å². The molecule has 2 aromatic rings. The van der Waals surface area contributed by atoms with Crippen molar-refractivity contribution in [1.29, 1.82) is 0 Å². The Morgan fingerprint density at radius 1 is 1.42 bits per heavy atom. The van der Waals surface area contributed by atoms with Crippen molar-refractivity contribution in [1.82, 2.24) is 9.88 Å². The first kappa shape index (κ1) is 16.7. The van der Waals surface area contributed by atoms with Gasteiger partial charge in [-0.3, -0.25) is 0 Å². The maximum absolute atomic E-state index is 12.2. The van der Waals surface area contributed by atoms with Crippen molar-refractivity contribution in [2.75, 3.05) is 18.5 Å². The number of aliphatic hydroxyl groups excluding tert-OH is 1. The van der Waals surface area contributed by atoms with E-state index < -0.39 is 0 Å². The molecule has 6 nitrogen and oxygen atoms in total. The highest BCUT2D eigenvalue weighted by Gasteiger charge is 2.28. The first-order valence-electron chi connectivity index (χ1n) is 7.73. The van der Waals surface area contributed by atoms with Gasteiger partial charge in [0.2, 0.25) is 5.88 Å². The number of hydrogen-bond donors (Lipinski definition) is 2.